The molecule has 1 fully saturated rings. The van der Waals surface area contributed by atoms with Crippen molar-refractivity contribution in [2.75, 3.05) is 19.7 Å². The van der Waals surface area contributed by atoms with E-state index in [0.717, 1.165) is 26.0 Å². The van der Waals surface area contributed by atoms with Crippen LogP contribution in [-0.4, -0.2) is 31.7 Å². The normalized spacial score (nSPS) is 26.4. The Bertz CT molecular complexity index is 185. The van der Waals surface area contributed by atoms with Gasteiger partial charge >= 0.3 is 0 Å². The second-order valence-electron chi connectivity index (χ2n) is 3.71. The second kappa shape index (κ2) is 5.98. The first-order valence-corrected chi connectivity index (χ1v) is 5.36. The van der Waals surface area contributed by atoms with Gasteiger partial charge in [-0.15, -0.1) is 0 Å². The molecule has 0 saturated carbocycles. The number of hydrogen-bond donors (Lipinski definition) is 2. The van der Waals surface area contributed by atoms with Gasteiger partial charge in [-0.05, 0) is 12.8 Å². The highest BCUT2D eigenvalue weighted by Gasteiger charge is 2.26. The van der Waals surface area contributed by atoms with E-state index in [1.165, 1.54) is 0 Å². The lowest BCUT2D eigenvalue weighted by atomic mass is 10.00. The van der Waals surface area contributed by atoms with Crippen LogP contribution in [0.25, 0.3) is 0 Å². The highest BCUT2D eigenvalue weighted by atomic mass is 16.5. The lowest BCUT2D eigenvalue weighted by Gasteiger charge is -2.16. The fourth-order valence-electron chi connectivity index (χ4n) is 1.84. The molecule has 2 atom stereocenters. The van der Waals surface area contributed by atoms with E-state index in [1.807, 2.05) is 0 Å². The molecule has 82 valence electrons. The summed E-state index contributed by atoms with van der Waals surface area (Å²) in [6, 6.07) is 0. The molecule has 2 unspecified atom stereocenters. The molecular formula is C10H20N2O2. The van der Waals surface area contributed by atoms with Crippen LogP contribution in [0.5, 0.6) is 0 Å². The van der Waals surface area contributed by atoms with Gasteiger partial charge in [0.1, 0.15) is 0 Å². The van der Waals surface area contributed by atoms with Crippen molar-refractivity contribution in [3.63, 3.8) is 0 Å². The van der Waals surface area contributed by atoms with Gasteiger partial charge in [-0.25, -0.2) is 0 Å². The molecular weight excluding hydrogens is 180 g/mol. The highest BCUT2D eigenvalue weighted by molar-refractivity contribution is 5.76. The Morgan fingerprint density at radius 3 is 3.07 bits per heavy atom. The molecule has 0 aliphatic carbocycles. The standard InChI is InChI=1S/C10H20N2O2/c1-2-9-8(4-6-14-9)7-12-10(13)3-5-11/h8-9H,2-7,11H2,1H3,(H,12,13). The molecule has 1 amide bonds. The van der Waals surface area contributed by atoms with Crippen molar-refractivity contribution in [3.05, 3.63) is 0 Å². The molecule has 0 aromatic heterocycles. The van der Waals surface area contributed by atoms with Crippen molar-refractivity contribution in [1.29, 1.82) is 0 Å². The molecule has 0 aromatic rings. The van der Waals surface area contributed by atoms with Crippen LogP contribution in [0.3, 0.4) is 0 Å². The van der Waals surface area contributed by atoms with Gasteiger partial charge in [0.15, 0.2) is 0 Å². The minimum atomic E-state index is 0.0502. The van der Waals surface area contributed by atoms with Gasteiger partial charge in [0.05, 0.1) is 6.10 Å². The third kappa shape index (κ3) is 3.27. The minimum absolute atomic E-state index is 0.0502. The summed E-state index contributed by atoms with van der Waals surface area (Å²) in [6.45, 7) is 4.10. The monoisotopic (exact) mass is 200 g/mol. The molecule has 14 heavy (non-hydrogen) atoms. The van der Waals surface area contributed by atoms with E-state index < -0.39 is 0 Å². The third-order valence-electron chi connectivity index (χ3n) is 2.68. The number of amides is 1. The first-order chi connectivity index (χ1) is 6.77. The Morgan fingerprint density at radius 2 is 2.43 bits per heavy atom. The molecule has 0 aromatic carbocycles. The number of nitrogens with two attached hydrogens (primary N) is 1. The van der Waals surface area contributed by atoms with E-state index in [2.05, 4.69) is 12.2 Å². The van der Waals surface area contributed by atoms with Crippen molar-refractivity contribution >= 4 is 5.91 Å². The summed E-state index contributed by atoms with van der Waals surface area (Å²) in [7, 11) is 0. The van der Waals surface area contributed by atoms with Crippen LogP contribution in [0, 0.1) is 5.92 Å². The van der Waals surface area contributed by atoms with Gasteiger partial charge in [-0.1, -0.05) is 6.92 Å². The molecule has 3 N–H and O–H groups in total. The Kier molecular flexibility index (Phi) is 4.90. The van der Waals surface area contributed by atoms with Gasteiger partial charge in [0.2, 0.25) is 5.91 Å². The quantitative estimate of drug-likeness (QED) is 0.669. The van der Waals surface area contributed by atoms with Crippen LogP contribution in [0.4, 0.5) is 0 Å². The maximum atomic E-state index is 11.2. The Balaban J connectivity index is 2.20. The zero-order valence-electron chi connectivity index (χ0n) is 8.79. The van der Waals surface area contributed by atoms with E-state index in [1.54, 1.807) is 0 Å². The first kappa shape index (κ1) is 11.5. The summed E-state index contributed by atoms with van der Waals surface area (Å²) >= 11 is 0. The predicted octanol–water partition coefficient (Wildman–Crippen LogP) is 0.267. The van der Waals surface area contributed by atoms with Gasteiger partial charge in [-0.3, -0.25) is 4.79 Å². The third-order valence-corrected chi connectivity index (χ3v) is 2.68. The van der Waals surface area contributed by atoms with Crippen LogP contribution in [-0.2, 0) is 9.53 Å². The Hall–Kier alpha value is -0.610. The predicted molar refractivity (Wildman–Crippen MR) is 54.8 cm³/mol. The molecule has 4 nitrogen and oxygen atoms in total. The lowest BCUT2D eigenvalue weighted by molar-refractivity contribution is -0.121. The fraction of sp³-hybridized carbons (Fsp3) is 0.900. The summed E-state index contributed by atoms with van der Waals surface area (Å²) in [4.78, 5) is 11.2. The number of nitrogens with one attached hydrogen (secondary N) is 1. The number of ether oxygens (including phenoxy) is 1. The van der Waals surface area contributed by atoms with E-state index in [9.17, 15) is 4.79 Å². The zero-order valence-corrected chi connectivity index (χ0v) is 8.79. The molecule has 0 spiro atoms. The Morgan fingerprint density at radius 1 is 1.64 bits per heavy atom. The van der Waals surface area contributed by atoms with Gasteiger partial charge < -0.3 is 15.8 Å². The average molecular weight is 200 g/mol. The topological polar surface area (TPSA) is 64.3 Å². The van der Waals surface area contributed by atoms with Crippen LogP contribution >= 0.6 is 0 Å². The van der Waals surface area contributed by atoms with Crippen molar-refractivity contribution < 1.29 is 9.53 Å². The molecule has 1 aliphatic rings. The van der Waals surface area contributed by atoms with E-state index in [4.69, 9.17) is 10.5 Å². The van der Waals surface area contributed by atoms with E-state index in [-0.39, 0.29) is 5.91 Å². The number of carbonyl (C=O) groups is 1. The fourth-order valence-corrected chi connectivity index (χ4v) is 1.84. The molecule has 4 heteroatoms. The second-order valence-corrected chi connectivity index (χ2v) is 3.71. The van der Waals surface area contributed by atoms with Gasteiger partial charge in [-0.2, -0.15) is 0 Å². The van der Waals surface area contributed by atoms with Crippen molar-refractivity contribution in [3.8, 4) is 0 Å². The summed E-state index contributed by atoms with van der Waals surface area (Å²) in [5.41, 5.74) is 5.28. The molecule has 0 radical (unpaired) electrons. The largest absolute Gasteiger partial charge is 0.378 e. The first-order valence-electron chi connectivity index (χ1n) is 5.36. The van der Waals surface area contributed by atoms with E-state index >= 15 is 0 Å². The number of hydrogen-bond acceptors (Lipinski definition) is 3. The maximum Gasteiger partial charge on any atom is 0.221 e. The summed E-state index contributed by atoms with van der Waals surface area (Å²) in [5.74, 6) is 0.538. The van der Waals surface area contributed by atoms with Gasteiger partial charge in [0.25, 0.3) is 0 Å². The summed E-state index contributed by atoms with van der Waals surface area (Å²) in [6.07, 6.45) is 2.83. The average Bonchev–Trinajstić information content (AvgIpc) is 2.62. The van der Waals surface area contributed by atoms with Crippen LogP contribution < -0.4 is 11.1 Å². The smallest absolute Gasteiger partial charge is 0.221 e. The van der Waals surface area contributed by atoms with Crippen LogP contribution in [0.15, 0.2) is 0 Å². The van der Waals surface area contributed by atoms with Crippen LogP contribution in [0.1, 0.15) is 26.2 Å². The van der Waals surface area contributed by atoms with Crippen LogP contribution in [0.2, 0.25) is 0 Å². The van der Waals surface area contributed by atoms with Gasteiger partial charge in [0, 0.05) is 32.0 Å². The molecule has 1 aliphatic heterocycles. The maximum absolute atomic E-state index is 11.2. The summed E-state index contributed by atoms with van der Waals surface area (Å²) in [5, 5.41) is 2.89. The minimum Gasteiger partial charge on any atom is -0.378 e. The summed E-state index contributed by atoms with van der Waals surface area (Å²) < 4.78 is 5.53. The Labute approximate surface area is 85.2 Å². The molecule has 0 bridgehead atoms. The van der Waals surface area contributed by atoms with Crippen molar-refractivity contribution in [2.45, 2.75) is 32.3 Å². The zero-order chi connectivity index (χ0) is 10.4. The van der Waals surface area contributed by atoms with Crippen molar-refractivity contribution in [1.82, 2.24) is 5.32 Å². The molecule has 1 rings (SSSR count). The number of carbonyl (C=O) groups excluding carboxylic acids is 1. The number of rotatable bonds is 5. The lowest BCUT2D eigenvalue weighted by Crippen LogP contribution is -2.33. The van der Waals surface area contributed by atoms with E-state index in [0.29, 0.717) is 25.0 Å². The SMILES string of the molecule is CCC1OCCC1CNC(=O)CCN. The molecule has 1 heterocycles. The highest BCUT2D eigenvalue weighted by Crippen LogP contribution is 2.22. The van der Waals surface area contributed by atoms with Crippen molar-refractivity contribution in [2.24, 2.45) is 11.7 Å². The molecule has 1 saturated heterocycles.